The summed E-state index contributed by atoms with van der Waals surface area (Å²) >= 11 is 0.737. The van der Waals surface area contributed by atoms with Gasteiger partial charge in [0, 0.05) is 11.5 Å². The van der Waals surface area contributed by atoms with Crippen molar-refractivity contribution >= 4 is 38.5 Å². The number of carbonyl (C=O) groups is 1. The number of sulfone groups is 1. The number of nitriles is 1. The average Bonchev–Trinajstić information content (AvgIpc) is 3.27. The fourth-order valence-electron chi connectivity index (χ4n) is 2.58. The van der Waals surface area contributed by atoms with Crippen LogP contribution in [0.3, 0.4) is 0 Å². The van der Waals surface area contributed by atoms with Gasteiger partial charge in [-0.3, -0.25) is 10.1 Å². The Kier molecular flexibility index (Phi) is 7.58. The lowest BCUT2D eigenvalue weighted by atomic mass is 10.1. The lowest BCUT2D eigenvalue weighted by Crippen LogP contribution is -2.16. The van der Waals surface area contributed by atoms with E-state index in [1.807, 2.05) is 37.3 Å². The van der Waals surface area contributed by atoms with Crippen molar-refractivity contribution < 1.29 is 17.9 Å². The minimum absolute atomic E-state index is 0.000212. The van der Waals surface area contributed by atoms with E-state index < -0.39 is 21.0 Å². The van der Waals surface area contributed by atoms with Crippen molar-refractivity contribution in [1.82, 2.24) is 9.36 Å². The number of aryl methyl sites for hydroxylation is 1. The third-order valence-corrected chi connectivity index (χ3v) is 7.26. The first-order valence-electron chi connectivity index (χ1n) is 9.98. The quantitative estimate of drug-likeness (QED) is 0.378. The summed E-state index contributed by atoms with van der Waals surface area (Å²) in [7, 11) is -3.65. The Balaban J connectivity index is 1.65. The largest absolute Gasteiger partial charge is 0.489 e. The van der Waals surface area contributed by atoms with Gasteiger partial charge in [-0.05, 0) is 50.1 Å². The smallest absolute Gasteiger partial charge is 0.268 e. The molecule has 3 rings (SSSR count). The summed E-state index contributed by atoms with van der Waals surface area (Å²) in [5.74, 6) is -0.0507. The fourth-order valence-corrected chi connectivity index (χ4v) is 4.27. The summed E-state index contributed by atoms with van der Waals surface area (Å²) in [4.78, 5) is 16.3. The predicted molar refractivity (Wildman–Crippen MR) is 126 cm³/mol. The highest BCUT2D eigenvalue weighted by molar-refractivity contribution is 7.91. The summed E-state index contributed by atoms with van der Waals surface area (Å²) in [5, 5.41) is 10.8. The van der Waals surface area contributed by atoms with Crippen molar-refractivity contribution in [1.29, 1.82) is 5.26 Å². The molecule has 10 heteroatoms. The minimum Gasteiger partial charge on any atom is -0.489 e. The molecule has 1 heterocycles. The van der Waals surface area contributed by atoms with Crippen LogP contribution in [0.2, 0.25) is 0 Å². The maximum absolute atomic E-state index is 12.5. The third-order valence-electron chi connectivity index (χ3n) is 4.59. The Bertz CT molecular complexity index is 1300. The first kappa shape index (κ1) is 24.1. The molecule has 0 fully saturated rings. The number of nitrogens with zero attached hydrogens (tertiary/aromatic N) is 3. The first-order valence-corrected chi connectivity index (χ1v) is 12.3. The van der Waals surface area contributed by atoms with Gasteiger partial charge in [-0.2, -0.15) is 14.6 Å². The van der Waals surface area contributed by atoms with Gasteiger partial charge in [0.15, 0.2) is 0 Å². The fraction of sp³-hybridized carbons (Fsp3) is 0.217. The zero-order chi connectivity index (χ0) is 24.0. The molecular formula is C23H22N4O4S2. The molecular weight excluding hydrogens is 460 g/mol. The van der Waals surface area contributed by atoms with E-state index >= 15 is 0 Å². The number of benzene rings is 2. The normalized spacial score (nSPS) is 11.8. The number of nitrogens with one attached hydrogen (secondary N) is 1. The van der Waals surface area contributed by atoms with Crippen LogP contribution in [-0.4, -0.2) is 28.9 Å². The Morgan fingerprint density at radius 1 is 1.18 bits per heavy atom. The minimum atomic E-state index is -3.65. The van der Waals surface area contributed by atoms with Crippen molar-refractivity contribution in [2.75, 3.05) is 5.32 Å². The molecule has 8 nitrogen and oxygen atoms in total. The summed E-state index contributed by atoms with van der Waals surface area (Å²) in [6, 6.07) is 16.9. The van der Waals surface area contributed by atoms with E-state index in [1.54, 1.807) is 24.3 Å². The molecule has 0 atom stereocenters. The molecule has 0 aliphatic heterocycles. The standard InChI is InChI=1S/C23H22N4O4S2/c1-15(2)33(29,30)23-26-22(32-27-23)25-21(28)19(13-24)12-17-8-10-20(11-9-17)31-14-18-6-4-16(3)5-7-18/h4-12,15H,14H2,1-3H3,(H,25,26,27,28)/b19-12-. The number of ether oxygens (including phenoxy) is 1. The Hall–Kier alpha value is -3.55. The Morgan fingerprint density at radius 2 is 1.85 bits per heavy atom. The summed E-state index contributed by atoms with van der Waals surface area (Å²) in [6.07, 6.45) is 1.42. The number of carbonyl (C=O) groups excluding carboxylic acids is 1. The van der Waals surface area contributed by atoms with Crippen molar-refractivity contribution in [3.05, 3.63) is 70.8 Å². The summed E-state index contributed by atoms with van der Waals surface area (Å²) < 4.78 is 33.8. The maximum atomic E-state index is 12.5. The lowest BCUT2D eigenvalue weighted by molar-refractivity contribution is -0.112. The second-order valence-corrected chi connectivity index (χ2v) is 10.6. The highest BCUT2D eigenvalue weighted by Crippen LogP contribution is 2.20. The van der Waals surface area contributed by atoms with E-state index in [0.29, 0.717) is 17.9 Å². The van der Waals surface area contributed by atoms with Crippen LogP contribution in [0.4, 0.5) is 5.13 Å². The van der Waals surface area contributed by atoms with Crippen LogP contribution in [0.15, 0.2) is 59.3 Å². The van der Waals surface area contributed by atoms with Crippen LogP contribution in [0.5, 0.6) is 5.75 Å². The van der Waals surface area contributed by atoms with Crippen LogP contribution < -0.4 is 10.1 Å². The van der Waals surface area contributed by atoms with Crippen molar-refractivity contribution in [2.24, 2.45) is 0 Å². The summed E-state index contributed by atoms with van der Waals surface area (Å²) in [5.41, 5.74) is 2.70. The van der Waals surface area contributed by atoms with Crippen molar-refractivity contribution in [3.8, 4) is 11.8 Å². The number of aromatic nitrogens is 2. The molecule has 0 saturated carbocycles. The molecule has 0 bridgehead atoms. The second kappa shape index (κ2) is 10.4. The molecule has 33 heavy (non-hydrogen) atoms. The molecule has 0 radical (unpaired) electrons. The van der Waals surface area contributed by atoms with E-state index in [4.69, 9.17) is 4.74 Å². The van der Waals surface area contributed by atoms with E-state index in [9.17, 15) is 18.5 Å². The van der Waals surface area contributed by atoms with E-state index in [-0.39, 0.29) is 15.9 Å². The van der Waals surface area contributed by atoms with Crippen LogP contribution in [0, 0.1) is 18.3 Å². The number of hydrogen-bond acceptors (Lipinski definition) is 8. The van der Waals surface area contributed by atoms with Gasteiger partial charge in [-0.15, -0.1) is 0 Å². The van der Waals surface area contributed by atoms with Crippen molar-refractivity contribution in [3.63, 3.8) is 0 Å². The van der Waals surface area contributed by atoms with Crippen LogP contribution in [0.25, 0.3) is 6.08 Å². The lowest BCUT2D eigenvalue weighted by Gasteiger charge is -2.07. The van der Waals surface area contributed by atoms with Gasteiger partial charge in [0.25, 0.3) is 11.1 Å². The van der Waals surface area contributed by atoms with Crippen molar-refractivity contribution in [2.45, 2.75) is 37.8 Å². The molecule has 1 amide bonds. The molecule has 0 unspecified atom stereocenters. The van der Waals surface area contributed by atoms with Crippen LogP contribution in [0.1, 0.15) is 30.5 Å². The van der Waals surface area contributed by atoms with Gasteiger partial charge in [-0.25, -0.2) is 8.42 Å². The number of anilines is 1. The number of amides is 1. The van der Waals surface area contributed by atoms with Gasteiger partial charge >= 0.3 is 0 Å². The van der Waals surface area contributed by atoms with Crippen LogP contribution in [-0.2, 0) is 21.2 Å². The predicted octanol–water partition coefficient (Wildman–Crippen LogP) is 4.15. The Labute approximate surface area is 196 Å². The molecule has 170 valence electrons. The molecule has 1 aromatic heterocycles. The molecule has 0 aliphatic carbocycles. The highest BCUT2D eigenvalue weighted by Gasteiger charge is 2.25. The van der Waals surface area contributed by atoms with Gasteiger partial charge in [0.1, 0.15) is 24.0 Å². The number of hydrogen-bond donors (Lipinski definition) is 1. The third kappa shape index (κ3) is 6.25. The molecule has 0 aliphatic rings. The van der Waals surface area contributed by atoms with E-state index in [2.05, 4.69) is 14.7 Å². The summed E-state index contributed by atoms with van der Waals surface area (Å²) in [6.45, 7) is 5.49. The maximum Gasteiger partial charge on any atom is 0.268 e. The Morgan fingerprint density at radius 3 is 2.45 bits per heavy atom. The van der Waals surface area contributed by atoms with E-state index in [1.165, 1.54) is 25.5 Å². The first-order chi connectivity index (χ1) is 15.7. The van der Waals surface area contributed by atoms with Gasteiger partial charge in [0.2, 0.25) is 15.0 Å². The monoisotopic (exact) mass is 482 g/mol. The zero-order valence-corrected chi connectivity index (χ0v) is 19.9. The molecule has 2 aromatic carbocycles. The SMILES string of the molecule is Cc1ccc(COc2ccc(/C=C(/C#N)C(=O)Nc3nc(S(=O)(=O)C(C)C)ns3)cc2)cc1. The zero-order valence-electron chi connectivity index (χ0n) is 18.3. The van der Waals surface area contributed by atoms with Gasteiger partial charge in [0.05, 0.1) is 5.25 Å². The second-order valence-electron chi connectivity index (χ2n) is 7.44. The molecule has 1 N–H and O–H groups in total. The van der Waals surface area contributed by atoms with Gasteiger partial charge < -0.3 is 4.74 Å². The van der Waals surface area contributed by atoms with Gasteiger partial charge in [-0.1, -0.05) is 42.0 Å². The molecule has 3 aromatic rings. The highest BCUT2D eigenvalue weighted by atomic mass is 32.2. The molecule has 0 saturated heterocycles. The van der Waals surface area contributed by atoms with E-state index in [0.717, 1.165) is 17.1 Å². The van der Waals surface area contributed by atoms with Crippen LogP contribution >= 0.6 is 11.5 Å². The molecule has 0 spiro atoms. The topological polar surface area (TPSA) is 122 Å². The number of rotatable bonds is 8. The average molecular weight is 483 g/mol.